The molecule has 0 spiro atoms. The van der Waals surface area contributed by atoms with Crippen LogP contribution in [0, 0.1) is 26.7 Å². The molecule has 2 N–H and O–H groups in total. The minimum absolute atomic E-state index is 0.00161. The maximum Gasteiger partial charge on any atom is 0.238 e. The standard InChI is InChI=1S/C23H29N3O2/c1-16-8-9-21(18(3)14-16)24-22(27)15-26-12-10-19(11-13-26)23(28)25-20-7-5-4-6-17(20)2/h4-9,14,19H,10-13,15H2,1-3H3,(H,24,27)(H,25,28). The van der Waals surface area contributed by atoms with E-state index in [1.807, 2.05) is 57.2 Å². The Morgan fingerprint density at radius 3 is 2.29 bits per heavy atom. The lowest BCUT2D eigenvalue weighted by atomic mass is 9.95. The summed E-state index contributed by atoms with van der Waals surface area (Å²) in [5.41, 5.74) is 5.06. The maximum atomic E-state index is 12.5. The van der Waals surface area contributed by atoms with E-state index in [-0.39, 0.29) is 17.7 Å². The quantitative estimate of drug-likeness (QED) is 0.828. The molecule has 0 radical (unpaired) electrons. The number of hydrogen-bond acceptors (Lipinski definition) is 3. The molecule has 1 saturated heterocycles. The van der Waals surface area contributed by atoms with Crippen molar-refractivity contribution in [1.82, 2.24) is 4.90 Å². The Bertz CT molecular complexity index is 855. The summed E-state index contributed by atoms with van der Waals surface area (Å²) in [5.74, 6) is 0.0710. The van der Waals surface area contributed by atoms with Crippen LogP contribution in [0.25, 0.3) is 0 Å². The summed E-state index contributed by atoms with van der Waals surface area (Å²) < 4.78 is 0. The summed E-state index contributed by atoms with van der Waals surface area (Å²) in [4.78, 5) is 27.0. The second kappa shape index (κ2) is 9.02. The van der Waals surface area contributed by atoms with Gasteiger partial charge in [-0.15, -0.1) is 0 Å². The van der Waals surface area contributed by atoms with E-state index in [1.165, 1.54) is 5.56 Å². The predicted octanol–water partition coefficient (Wildman–Crippen LogP) is 3.90. The summed E-state index contributed by atoms with van der Waals surface area (Å²) in [6, 6.07) is 13.8. The van der Waals surface area contributed by atoms with E-state index in [4.69, 9.17) is 0 Å². The van der Waals surface area contributed by atoms with E-state index in [2.05, 4.69) is 21.6 Å². The highest BCUT2D eigenvalue weighted by molar-refractivity contribution is 5.94. The predicted molar refractivity (Wildman–Crippen MR) is 114 cm³/mol. The van der Waals surface area contributed by atoms with Crippen LogP contribution in [0.4, 0.5) is 11.4 Å². The zero-order chi connectivity index (χ0) is 20.1. The molecule has 1 aliphatic heterocycles. The van der Waals surface area contributed by atoms with Crippen LogP contribution < -0.4 is 10.6 Å². The van der Waals surface area contributed by atoms with Crippen molar-refractivity contribution in [2.24, 2.45) is 5.92 Å². The number of benzene rings is 2. The summed E-state index contributed by atoms with van der Waals surface area (Å²) in [6.07, 6.45) is 1.54. The molecule has 0 saturated carbocycles. The van der Waals surface area contributed by atoms with Crippen LogP contribution in [0.2, 0.25) is 0 Å². The Morgan fingerprint density at radius 2 is 1.61 bits per heavy atom. The fourth-order valence-corrected chi connectivity index (χ4v) is 3.65. The lowest BCUT2D eigenvalue weighted by molar-refractivity contribution is -0.121. The first-order valence-corrected chi connectivity index (χ1v) is 9.88. The summed E-state index contributed by atoms with van der Waals surface area (Å²) in [6.45, 7) is 7.91. The van der Waals surface area contributed by atoms with Crippen LogP contribution in [0.3, 0.4) is 0 Å². The number of aryl methyl sites for hydroxylation is 3. The number of para-hydroxylation sites is 1. The lowest BCUT2D eigenvalue weighted by Crippen LogP contribution is -2.41. The van der Waals surface area contributed by atoms with Gasteiger partial charge in [-0.3, -0.25) is 14.5 Å². The van der Waals surface area contributed by atoms with Gasteiger partial charge in [0, 0.05) is 17.3 Å². The van der Waals surface area contributed by atoms with Gasteiger partial charge in [-0.1, -0.05) is 35.9 Å². The third-order valence-corrected chi connectivity index (χ3v) is 5.38. The Kier molecular flexibility index (Phi) is 6.47. The van der Waals surface area contributed by atoms with Crippen LogP contribution in [-0.4, -0.2) is 36.3 Å². The van der Waals surface area contributed by atoms with Gasteiger partial charge < -0.3 is 10.6 Å². The minimum atomic E-state index is -0.00485. The van der Waals surface area contributed by atoms with Gasteiger partial charge in [-0.05, 0) is 70.0 Å². The average Bonchev–Trinajstić information content (AvgIpc) is 2.66. The molecule has 2 aromatic carbocycles. The van der Waals surface area contributed by atoms with Crippen molar-refractivity contribution in [3.05, 3.63) is 59.2 Å². The normalized spacial score (nSPS) is 15.2. The number of anilines is 2. The highest BCUT2D eigenvalue weighted by atomic mass is 16.2. The number of carbonyl (C=O) groups is 2. The van der Waals surface area contributed by atoms with Gasteiger partial charge in [0.1, 0.15) is 0 Å². The maximum absolute atomic E-state index is 12.5. The van der Waals surface area contributed by atoms with E-state index in [0.717, 1.165) is 48.4 Å². The monoisotopic (exact) mass is 379 g/mol. The van der Waals surface area contributed by atoms with Crippen molar-refractivity contribution >= 4 is 23.2 Å². The van der Waals surface area contributed by atoms with Gasteiger partial charge in [0.2, 0.25) is 11.8 Å². The number of carbonyl (C=O) groups excluding carboxylic acids is 2. The molecule has 1 fully saturated rings. The van der Waals surface area contributed by atoms with Crippen molar-refractivity contribution in [3.63, 3.8) is 0 Å². The molecule has 5 nitrogen and oxygen atoms in total. The van der Waals surface area contributed by atoms with Crippen molar-refractivity contribution in [2.45, 2.75) is 33.6 Å². The largest absolute Gasteiger partial charge is 0.326 e. The first-order chi connectivity index (χ1) is 13.4. The van der Waals surface area contributed by atoms with Crippen LogP contribution in [-0.2, 0) is 9.59 Å². The van der Waals surface area contributed by atoms with Gasteiger partial charge >= 0.3 is 0 Å². The van der Waals surface area contributed by atoms with Gasteiger partial charge in [0.05, 0.1) is 6.54 Å². The molecular formula is C23H29N3O2. The van der Waals surface area contributed by atoms with Crippen molar-refractivity contribution in [2.75, 3.05) is 30.3 Å². The molecule has 148 valence electrons. The smallest absolute Gasteiger partial charge is 0.238 e. The van der Waals surface area contributed by atoms with Gasteiger partial charge in [0.15, 0.2) is 0 Å². The lowest BCUT2D eigenvalue weighted by Gasteiger charge is -2.30. The van der Waals surface area contributed by atoms with Crippen LogP contribution in [0.5, 0.6) is 0 Å². The third kappa shape index (κ3) is 5.20. The fraction of sp³-hybridized carbons (Fsp3) is 0.391. The number of likely N-dealkylation sites (tertiary alicyclic amines) is 1. The molecule has 3 rings (SSSR count). The zero-order valence-electron chi connectivity index (χ0n) is 16.9. The van der Waals surface area contributed by atoms with Crippen LogP contribution in [0.15, 0.2) is 42.5 Å². The Morgan fingerprint density at radius 1 is 0.929 bits per heavy atom. The van der Waals surface area contributed by atoms with E-state index >= 15 is 0 Å². The summed E-state index contributed by atoms with van der Waals surface area (Å²) >= 11 is 0. The van der Waals surface area contributed by atoms with Crippen molar-refractivity contribution < 1.29 is 9.59 Å². The molecule has 2 aromatic rings. The number of hydrogen-bond donors (Lipinski definition) is 2. The molecule has 0 unspecified atom stereocenters. The zero-order valence-corrected chi connectivity index (χ0v) is 16.9. The molecule has 0 atom stereocenters. The van der Waals surface area contributed by atoms with E-state index in [1.54, 1.807) is 0 Å². The Hall–Kier alpha value is -2.66. The molecule has 5 heteroatoms. The SMILES string of the molecule is Cc1ccc(NC(=O)CN2CCC(C(=O)Nc3ccccc3C)CC2)c(C)c1. The molecule has 0 aliphatic carbocycles. The van der Waals surface area contributed by atoms with E-state index in [9.17, 15) is 9.59 Å². The molecule has 0 aromatic heterocycles. The number of amides is 2. The molecule has 2 amide bonds. The molecule has 1 aliphatic rings. The first-order valence-electron chi connectivity index (χ1n) is 9.88. The molecule has 0 bridgehead atoms. The first kappa shape index (κ1) is 20.1. The van der Waals surface area contributed by atoms with Crippen molar-refractivity contribution in [3.8, 4) is 0 Å². The van der Waals surface area contributed by atoms with Crippen molar-refractivity contribution in [1.29, 1.82) is 0 Å². The number of nitrogens with one attached hydrogen (secondary N) is 2. The second-order valence-corrected chi connectivity index (χ2v) is 7.72. The van der Waals surface area contributed by atoms with E-state index < -0.39 is 0 Å². The molecule has 28 heavy (non-hydrogen) atoms. The Balaban J connectivity index is 1.46. The second-order valence-electron chi connectivity index (χ2n) is 7.72. The van der Waals surface area contributed by atoms with E-state index in [0.29, 0.717) is 6.54 Å². The van der Waals surface area contributed by atoms with Gasteiger partial charge in [-0.25, -0.2) is 0 Å². The van der Waals surface area contributed by atoms with Gasteiger partial charge in [-0.2, -0.15) is 0 Å². The number of piperidine rings is 1. The minimum Gasteiger partial charge on any atom is -0.326 e. The topological polar surface area (TPSA) is 61.4 Å². The van der Waals surface area contributed by atoms with Crippen LogP contribution in [0.1, 0.15) is 29.5 Å². The highest BCUT2D eigenvalue weighted by Crippen LogP contribution is 2.21. The number of nitrogens with zero attached hydrogens (tertiary/aromatic N) is 1. The third-order valence-electron chi connectivity index (χ3n) is 5.38. The highest BCUT2D eigenvalue weighted by Gasteiger charge is 2.26. The van der Waals surface area contributed by atoms with Gasteiger partial charge in [0.25, 0.3) is 0 Å². The fourth-order valence-electron chi connectivity index (χ4n) is 3.65. The van der Waals surface area contributed by atoms with Crippen LogP contribution >= 0.6 is 0 Å². The Labute approximate surface area is 167 Å². The molecule has 1 heterocycles. The molecular weight excluding hydrogens is 350 g/mol. The number of rotatable bonds is 5. The summed E-state index contributed by atoms with van der Waals surface area (Å²) in [7, 11) is 0. The average molecular weight is 380 g/mol. The summed E-state index contributed by atoms with van der Waals surface area (Å²) in [5, 5.41) is 6.04.